The third-order valence-corrected chi connectivity index (χ3v) is 3.69. The zero-order valence-corrected chi connectivity index (χ0v) is 9.97. The third kappa shape index (κ3) is 2.68. The number of allylic oxidation sites excluding steroid dienone is 2. The second-order valence-corrected chi connectivity index (χ2v) is 4.86. The first-order chi connectivity index (χ1) is 8.20. The largest absolute Gasteiger partial charge is 0.480 e. The molecule has 0 unspecified atom stereocenters. The van der Waals surface area contributed by atoms with Crippen molar-refractivity contribution in [2.75, 3.05) is 6.54 Å². The van der Waals surface area contributed by atoms with Gasteiger partial charge in [0.05, 0.1) is 0 Å². The highest BCUT2D eigenvalue weighted by Gasteiger charge is 2.34. The van der Waals surface area contributed by atoms with Crippen molar-refractivity contribution in [3.8, 4) is 0 Å². The average molecular weight is 237 g/mol. The molecule has 0 aromatic heterocycles. The van der Waals surface area contributed by atoms with Gasteiger partial charge in [0, 0.05) is 12.5 Å². The van der Waals surface area contributed by atoms with Crippen LogP contribution in [0.25, 0.3) is 0 Å². The van der Waals surface area contributed by atoms with Crippen LogP contribution in [0, 0.1) is 5.92 Å². The summed E-state index contributed by atoms with van der Waals surface area (Å²) >= 11 is 0. The van der Waals surface area contributed by atoms with Crippen LogP contribution in [0.2, 0.25) is 0 Å². The van der Waals surface area contributed by atoms with Gasteiger partial charge in [0.25, 0.3) is 0 Å². The minimum atomic E-state index is -0.857. The Balaban J connectivity index is 2.05. The van der Waals surface area contributed by atoms with E-state index in [1.165, 1.54) is 0 Å². The summed E-state index contributed by atoms with van der Waals surface area (Å²) in [4.78, 5) is 25.0. The summed E-state index contributed by atoms with van der Waals surface area (Å²) in [5.41, 5.74) is 0. The summed E-state index contributed by atoms with van der Waals surface area (Å²) in [5.74, 6) is -0.814. The summed E-state index contributed by atoms with van der Waals surface area (Å²) in [6, 6.07) is -0.595. The van der Waals surface area contributed by atoms with Gasteiger partial charge in [-0.3, -0.25) is 4.79 Å². The molecule has 2 rings (SSSR count). The fraction of sp³-hybridized carbons (Fsp3) is 0.692. The monoisotopic (exact) mass is 237 g/mol. The number of aliphatic carboxylic acids is 1. The zero-order valence-electron chi connectivity index (χ0n) is 9.97. The molecule has 0 aromatic carbocycles. The molecular weight excluding hydrogens is 218 g/mol. The molecule has 1 aliphatic heterocycles. The lowest BCUT2D eigenvalue weighted by atomic mass is 9.91. The number of amides is 1. The van der Waals surface area contributed by atoms with Crippen molar-refractivity contribution in [3.63, 3.8) is 0 Å². The third-order valence-electron chi connectivity index (χ3n) is 3.69. The Kier molecular flexibility index (Phi) is 3.82. The number of likely N-dealkylation sites (tertiary alicyclic amines) is 1. The van der Waals surface area contributed by atoms with Gasteiger partial charge < -0.3 is 10.0 Å². The van der Waals surface area contributed by atoms with Gasteiger partial charge in [-0.25, -0.2) is 4.79 Å². The van der Waals surface area contributed by atoms with Crippen molar-refractivity contribution < 1.29 is 14.7 Å². The molecule has 1 aliphatic carbocycles. The molecule has 0 radical (unpaired) electrons. The van der Waals surface area contributed by atoms with E-state index in [4.69, 9.17) is 5.11 Å². The number of carboxylic acid groups (broad SMARTS) is 1. The number of carbonyl (C=O) groups is 2. The lowest BCUT2D eigenvalue weighted by Gasteiger charge is -2.35. The topological polar surface area (TPSA) is 57.6 Å². The molecule has 94 valence electrons. The van der Waals surface area contributed by atoms with E-state index in [9.17, 15) is 9.59 Å². The van der Waals surface area contributed by atoms with Crippen molar-refractivity contribution in [2.45, 2.75) is 44.6 Å². The van der Waals surface area contributed by atoms with Crippen LogP contribution >= 0.6 is 0 Å². The predicted octanol–water partition coefficient (Wildman–Crippen LogP) is 1.81. The first kappa shape index (κ1) is 12.1. The van der Waals surface area contributed by atoms with Crippen molar-refractivity contribution in [1.29, 1.82) is 0 Å². The molecule has 0 aromatic rings. The Morgan fingerprint density at radius 2 is 2.00 bits per heavy atom. The Hall–Kier alpha value is -1.32. The van der Waals surface area contributed by atoms with E-state index in [0.29, 0.717) is 13.0 Å². The first-order valence-electron chi connectivity index (χ1n) is 6.38. The molecular formula is C13H19NO3. The molecule has 0 bridgehead atoms. The Morgan fingerprint density at radius 3 is 2.65 bits per heavy atom. The normalized spacial score (nSPS) is 29.1. The number of carbonyl (C=O) groups excluding carboxylic acids is 1. The Morgan fingerprint density at radius 1 is 1.18 bits per heavy atom. The van der Waals surface area contributed by atoms with Crippen LogP contribution in [0.3, 0.4) is 0 Å². The fourth-order valence-electron chi connectivity index (χ4n) is 2.70. The standard InChI is InChI=1S/C13H19NO3/c15-12(10-6-2-1-3-7-10)14-9-5-4-8-11(14)13(16)17/h1-2,10-11H,3-9H2,(H,16,17)/t10-,11-/m0/s1. The second kappa shape index (κ2) is 5.34. The summed E-state index contributed by atoms with van der Waals surface area (Å²) < 4.78 is 0. The van der Waals surface area contributed by atoms with E-state index >= 15 is 0 Å². The summed E-state index contributed by atoms with van der Waals surface area (Å²) in [7, 11) is 0. The lowest BCUT2D eigenvalue weighted by molar-refractivity contribution is -0.154. The van der Waals surface area contributed by atoms with Crippen LogP contribution in [0.4, 0.5) is 0 Å². The van der Waals surface area contributed by atoms with Gasteiger partial charge >= 0.3 is 5.97 Å². The van der Waals surface area contributed by atoms with Crippen LogP contribution in [-0.4, -0.2) is 34.5 Å². The summed E-state index contributed by atoms with van der Waals surface area (Å²) in [6.07, 6.45) is 9.12. The van der Waals surface area contributed by atoms with Crippen LogP contribution in [0.1, 0.15) is 38.5 Å². The van der Waals surface area contributed by atoms with E-state index < -0.39 is 12.0 Å². The average Bonchev–Trinajstić information content (AvgIpc) is 2.39. The molecule has 1 N–H and O–H groups in total. The minimum Gasteiger partial charge on any atom is -0.480 e. The van der Waals surface area contributed by atoms with E-state index in [-0.39, 0.29) is 11.8 Å². The molecule has 4 nitrogen and oxygen atoms in total. The molecule has 17 heavy (non-hydrogen) atoms. The molecule has 0 saturated carbocycles. The lowest BCUT2D eigenvalue weighted by Crippen LogP contribution is -2.50. The van der Waals surface area contributed by atoms with Crippen molar-refractivity contribution in [2.24, 2.45) is 5.92 Å². The van der Waals surface area contributed by atoms with Crippen molar-refractivity contribution in [1.82, 2.24) is 4.90 Å². The van der Waals surface area contributed by atoms with Crippen LogP contribution in [0.15, 0.2) is 12.2 Å². The minimum absolute atomic E-state index is 0.0000463. The molecule has 1 amide bonds. The molecule has 0 spiro atoms. The maximum absolute atomic E-state index is 12.3. The van der Waals surface area contributed by atoms with Crippen LogP contribution < -0.4 is 0 Å². The van der Waals surface area contributed by atoms with Crippen molar-refractivity contribution >= 4 is 11.9 Å². The van der Waals surface area contributed by atoms with Gasteiger partial charge in [-0.05, 0) is 38.5 Å². The second-order valence-electron chi connectivity index (χ2n) is 4.86. The van der Waals surface area contributed by atoms with Crippen molar-refractivity contribution in [3.05, 3.63) is 12.2 Å². The SMILES string of the molecule is O=C(O)[C@@H]1CCCCN1C(=O)[C@H]1CC=CCC1. The first-order valence-corrected chi connectivity index (χ1v) is 6.38. The number of rotatable bonds is 2. The smallest absolute Gasteiger partial charge is 0.326 e. The van der Waals surface area contributed by atoms with E-state index in [1.807, 2.05) is 6.08 Å². The van der Waals surface area contributed by atoms with Gasteiger partial charge in [0.2, 0.25) is 5.91 Å². The predicted molar refractivity (Wildman–Crippen MR) is 63.5 cm³/mol. The number of carboxylic acids is 1. The number of hydrogen-bond donors (Lipinski definition) is 1. The molecule has 1 fully saturated rings. The summed E-state index contributed by atoms with van der Waals surface area (Å²) in [6.45, 7) is 0.607. The van der Waals surface area contributed by atoms with Crippen LogP contribution in [-0.2, 0) is 9.59 Å². The maximum Gasteiger partial charge on any atom is 0.326 e. The highest BCUT2D eigenvalue weighted by atomic mass is 16.4. The fourth-order valence-corrected chi connectivity index (χ4v) is 2.70. The van der Waals surface area contributed by atoms with Gasteiger partial charge in [0.15, 0.2) is 0 Å². The number of piperidine rings is 1. The number of hydrogen-bond acceptors (Lipinski definition) is 2. The van der Waals surface area contributed by atoms with Gasteiger partial charge in [0.1, 0.15) is 6.04 Å². The zero-order chi connectivity index (χ0) is 12.3. The maximum atomic E-state index is 12.3. The van der Waals surface area contributed by atoms with E-state index in [1.54, 1.807) is 4.90 Å². The van der Waals surface area contributed by atoms with Gasteiger partial charge in [-0.15, -0.1) is 0 Å². The molecule has 1 heterocycles. The van der Waals surface area contributed by atoms with E-state index in [0.717, 1.165) is 32.1 Å². The van der Waals surface area contributed by atoms with E-state index in [2.05, 4.69) is 6.08 Å². The Labute approximate surface area is 101 Å². The highest BCUT2D eigenvalue weighted by molar-refractivity contribution is 5.85. The molecule has 2 aliphatic rings. The molecule has 1 saturated heterocycles. The quantitative estimate of drug-likeness (QED) is 0.745. The summed E-state index contributed by atoms with van der Waals surface area (Å²) in [5, 5.41) is 9.15. The molecule has 4 heteroatoms. The van der Waals surface area contributed by atoms with Gasteiger partial charge in [-0.1, -0.05) is 12.2 Å². The molecule has 2 atom stereocenters. The number of nitrogens with zero attached hydrogens (tertiary/aromatic N) is 1. The highest BCUT2D eigenvalue weighted by Crippen LogP contribution is 2.25. The Bertz CT molecular complexity index is 338. The van der Waals surface area contributed by atoms with Gasteiger partial charge in [-0.2, -0.15) is 0 Å². The van der Waals surface area contributed by atoms with Crippen LogP contribution in [0.5, 0.6) is 0 Å².